The molecule has 0 aliphatic heterocycles. The van der Waals surface area contributed by atoms with E-state index in [0.717, 1.165) is 11.3 Å². The van der Waals surface area contributed by atoms with Gasteiger partial charge in [-0.25, -0.2) is 0 Å². The minimum Gasteiger partial charge on any atom is -0.393 e. The Kier molecular flexibility index (Phi) is 6.08. The van der Waals surface area contributed by atoms with Gasteiger partial charge in [0.15, 0.2) is 5.82 Å². The maximum atomic E-state index is 9.87. The Bertz CT molecular complexity index is 574. The van der Waals surface area contributed by atoms with Crippen molar-refractivity contribution in [2.75, 3.05) is 0 Å². The molecule has 0 spiro atoms. The summed E-state index contributed by atoms with van der Waals surface area (Å²) in [6, 6.07) is 7.65. The van der Waals surface area contributed by atoms with E-state index in [9.17, 15) is 5.11 Å². The zero-order valence-electron chi connectivity index (χ0n) is 12.1. The molecule has 114 valence electrons. The zero-order valence-corrected chi connectivity index (χ0v) is 13.7. The third kappa shape index (κ3) is 5.69. The van der Waals surface area contributed by atoms with Crippen molar-refractivity contribution in [1.29, 1.82) is 0 Å². The van der Waals surface area contributed by atoms with E-state index in [1.54, 1.807) is 11.8 Å². The van der Waals surface area contributed by atoms with Crippen molar-refractivity contribution in [2.45, 2.75) is 43.4 Å². The number of aliphatic hydroxyl groups is 1. The zero-order chi connectivity index (χ0) is 15.2. The highest BCUT2D eigenvalue weighted by Crippen LogP contribution is 2.24. The molecular formula is C15H19ClN2O2S. The summed E-state index contributed by atoms with van der Waals surface area (Å²) in [5.41, 5.74) is 0. The molecule has 4 nitrogen and oxygen atoms in total. The van der Waals surface area contributed by atoms with Crippen molar-refractivity contribution < 1.29 is 9.63 Å². The van der Waals surface area contributed by atoms with Gasteiger partial charge in [0.2, 0.25) is 5.89 Å². The summed E-state index contributed by atoms with van der Waals surface area (Å²) in [6.07, 6.45) is 0.709. The summed E-state index contributed by atoms with van der Waals surface area (Å²) in [4.78, 5) is 5.37. The molecule has 0 aliphatic rings. The lowest BCUT2D eigenvalue weighted by atomic mass is 10.0. The number of hydrogen-bond acceptors (Lipinski definition) is 5. The Morgan fingerprint density at radius 2 is 2.19 bits per heavy atom. The molecule has 0 saturated heterocycles. The fourth-order valence-electron chi connectivity index (χ4n) is 1.97. The highest BCUT2D eigenvalue weighted by atomic mass is 35.5. The quantitative estimate of drug-likeness (QED) is 0.780. The molecule has 1 atom stereocenters. The summed E-state index contributed by atoms with van der Waals surface area (Å²) in [5.74, 6) is 2.18. The first-order chi connectivity index (χ1) is 10.0. The number of thioether (sulfide) groups is 1. The maximum absolute atomic E-state index is 9.87. The van der Waals surface area contributed by atoms with Crippen molar-refractivity contribution in [1.82, 2.24) is 10.1 Å². The number of aromatic nitrogens is 2. The van der Waals surface area contributed by atoms with Crippen LogP contribution in [0, 0.1) is 5.92 Å². The van der Waals surface area contributed by atoms with Crippen molar-refractivity contribution in [3.8, 4) is 0 Å². The highest BCUT2D eigenvalue weighted by molar-refractivity contribution is 7.98. The SMILES string of the molecule is CC(C)CC(O)Cc1nc(CSc2cccc(Cl)c2)no1. The van der Waals surface area contributed by atoms with Gasteiger partial charge in [-0.3, -0.25) is 0 Å². The van der Waals surface area contributed by atoms with Gasteiger partial charge in [0.25, 0.3) is 0 Å². The molecule has 1 aromatic heterocycles. The Morgan fingerprint density at radius 3 is 2.90 bits per heavy atom. The number of aliphatic hydroxyl groups excluding tert-OH is 1. The van der Waals surface area contributed by atoms with Crippen LogP contribution in [0.2, 0.25) is 5.02 Å². The van der Waals surface area contributed by atoms with Crippen LogP contribution in [-0.2, 0) is 12.2 Å². The fourth-order valence-corrected chi connectivity index (χ4v) is 3.02. The molecule has 21 heavy (non-hydrogen) atoms. The molecule has 0 amide bonds. The van der Waals surface area contributed by atoms with Crippen LogP contribution in [0.25, 0.3) is 0 Å². The normalized spacial score (nSPS) is 12.8. The highest BCUT2D eigenvalue weighted by Gasteiger charge is 2.13. The molecule has 6 heteroatoms. The molecule has 1 N–H and O–H groups in total. The lowest BCUT2D eigenvalue weighted by Crippen LogP contribution is -2.13. The van der Waals surface area contributed by atoms with Gasteiger partial charge in [-0.2, -0.15) is 4.98 Å². The topological polar surface area (TPSA) is 59.2 Å². The number of halogens is 1. The van der Waals surface area contributed by atoms with E-state index in [0.29, 0.717) is 34.8 Å². The smallest absolute Gasteiger partial charge is 0.229 e. The van der Waals surface area contributed by atoms with Gasteiger partial charge < -0.3 is 9.63 Å². The second-order valence-electron chi connectivity index (χ2n) is 5.34. The summed E-state index contributed by atoms with van der Waals surface area (Å²) in [6.45, 7) is 4.15. The number of rotatable bonds is 7. The van der Waals surface area contributed by atoms with Crippen LogP contribution in [0.3, 0.4) is 0 Å². The molecule has 2 rings (SSSR count). The molecule has 1 unspecified atom stereocenters. The van der Waals surface area contributed by atoms with Crippen LogP contribution in [0.1, 0.15) is 32.0 Å². The molecular weight excluding hydrogens is 308 g/mol. The molecule has 0 saturated carbocycles. The van der Waals surface area contributed by atoms with Crippen LogP contribution in [0.4, 0.5) is 0 Å². The lowest BCUT2D eigenvalue weighted by Gasteiger charge is -2.09. The summed E-state index contributed by atoms with van der Waals surface area (Å²) in [7, 11) is 0. The summed E-state index contributed by atoms with van der Waals surface area (Å²) in [5, 5.41) is 14.5. The Labute approximate surface area is 133 Å². The van der Waals surface area contributed by atoms with Crippen LogP contribution in [0.5, 0.6) is 0 Å². The molecule has 0 bridgehead atoms. The van der Waals surface area contributed by atoms with Gasteiger partial charge >= 0.3 is 0 Å². The minimum absolute atomic E-state index is 0.410. The Morgan fingerprint density at radius 1 is 1.38 bits per heavy atom. The van der Waals surface area contributed by atoms with E-state index in [1.807, 2.05) is 24.3 Å². The first-order valence-electron chi connectivity index (χ1n) is 6.91. The van der Waals surface area contributed by atoms with Gasteiger partial charge in [-0.1, -0.05) is 36.7 Å². The van der Waals surface area contributed by atoms with Crippen molar-refractivity contribution in [2.24, 2.45) is 5.92 Å². The predicted octanol–water partition coefficient (Wildman–Crippen LogP) is 3.96. The molecule has 1 aromatic carbocycles. The average molecular weight is 327 g/mol. The van der Waals surface area contributed by atoms with Crippen molar-refractivity contribution >= 4 is 23.4 Å². The van der Waals surface area contributed by atoms with E-state index in [1.165, 1.54) is 0 Å². The van der Waals surface area contributed by atoms with Crippen LogP contribution >= 0.6 is 23.4 Å². The van der Waals surface area contributed by atoms with E-state index in [4.69, 9.17) is 16.1 Å². The van der Waals surface area contributed by atoms with Crippen LogP contribution in [-0.4, -0.2) is 21.4 Å². The monoisotopic (exact) mass is 326 g/mol. The average Bonchev–Trinajstić information content (AvgIpc) is 2.83. The summed E-state index contributed by atoms with van der Waals surface area (Å²) < 4.78 is 5.17. The van der Waals surface area contributed by atoms with Crippen molar-refractivity contribution in [3.05, 3.63) is 41.0 Å². The van der Waals surface area contributed by atoms with Crippen LogP contribution < -0.4 is 0 Å². The third-order valence-corrected chi connectivity index (χ3v) is 4.05. The standard InChI is InChI=1S/C15H19ClN2O2S/c1-10(2)6-12(19)8-15-17-14(18-20-15)9-21-13-5-3-4-11(16)7-13/h3-5,7,10,12,19H,6,8-9H2,1-2H3. The Hall–Kier alpha value is -1.04. The van der Waals surface area contributed by atoms with Gasteiger partial charge in [0.1, 0.15) is 0 Å². The largest absolute Gasteiger partial charge is 0.393 e. The molecule has 2 aromatic rings. The van der Waals surface area contributed by atoms with Gasteiger partial charge in [-0.15, -0.1) is 11.8 Å². The van der Waals surface area contributed by atoms with Crippen LogP contribution in [0.15, 0.2) is 33.7 Å². The van der Waals surface area contributed by atoms with E-state index in [2.05, 4.69) is 24.0 Å². The van der Waals surface area contributed by atoms with E-state index >= 15 is 0 Å². The summed E-state index contributed by atoms with van der Waals surface area (Å²) >= 11 is 7.54. The molecule has 0 fully saturated rings. The predicted molar refractivity (Wildman–Crippen MR) is 84.5 cm³/mol. The molecule has 1 heterocycles. The fraction of sp³-hybridized carbons (Fsp3) is 0.467. The lowest BCUT2D eigenvalue weighted by molar-refractivity contribution is 0.138. The van der Waals surface area contributed by atoms with E-state index < -0.39 is 6.10 Å². The van der Waals surface area contributed by atoms with Gasteiger partial charge in [-0.05, 0) is 30.5 Å². The third-order valence-electron chi connectivity index (χ3n) is 2.83. The molecule has 0 radical (unpaired) electrons. The maximum Gasteiger partial charge on any atom is 0.229 e. The second-order valence-corrected chi connectivity index (χ2v) is 6.82. The van der Waals surface area contributed by atoms with Crippen molar-refractivity contribution in [3.63, 3.8) is 0 Å². The second kappa shape index (κ2) is 7.82. The molecule has 0 aliphatic carbocycles. The number of hydrogen-bond donors (Lipinski definition) is 1. The number of benzene rings is 1. The first kappa shape index (κ1) is 16.3. The van der Waals surface area contributed by atoms with Gasteiger partial charge in [0.05, 0.1) is 18.3 Å². The van der Waals surface area contributed by atoms with Gasteiger partial charge in [0, 0.05) is 9.92 Å². The van der Waals surface area contributed by atoms with E-state index in [-0.39, 0.29) is 0 Å². The minimum atomic E-state index is -0.432. The number of nitrogens with zero attached hydrogens (tertiary/aromatic N) is 2. The Balaban J connectivity index is 1.85. The first-order valence-corrected chi connectivity index (χ1v) is 8.27.